The average molecular weight is 396 g/mol. The minimum Gasteiger partial charge on any atom is -0.469 e. The van der Waals surface area contributed by atoms with Crippen molar-refractivity contribution in [3.8, 4) is 11.5 Å². The lowest BCUT2D eigenvalue weighted by Gasteiger charge is -2.34. The molecule has 1 saturated heterocycles. The summed E-state index contributed by atoms with van der Waals surface area (Å²) in [7, 11) is 3.15. The van der Waals surface area contributed by atoms with Gasteiger partial charge < -0.3 is 19.5 Å². The molecule has 0 spiro atoms. The number of aromatic nitrogens is 4. The lowest BCUT2D eigenvalue weighted by molar-refractivity contribution is -0.145. The van der Waals surface area contributed by atoms with Crippen LogP contribution in [0.25, 0.3) is 17.2 Å². The van der Waals surface area contributed by atoms with Crippen LogP contribution in [-0.4, -0.2) is 68.1 Å². The van der Waals surface area contributed by atoms with E-state index in [1.54, 1.807) is 22.7 Å². The number of rotatable bonds is 4. The Morgan fingerprint density at radius 1 is 1.28 bits per heavy atom. The molecule has 10 nitrogen and oxygen atoms in total. The minimum absolute atomic E-state index is 0.197. The molecule has 1 N–H and O–H groups in total. The van der Waals surface area contributed by atoms with E-state index >= 15 is 0 Å². The van der Waals surface area contributed by atoms with E-state index in [0.29, 0.717) is 30.1 Å². The number of aryl methyl sites for hydroxylation is 1. The van der Waals surface area contributed by atoms with Gasteiger partial charge in [-0.2, -0.15) is 0 Å². The van der Waals surface area contributed by atoms with Gasteiger partial charge in [0, 0.05) is 32.5 Å². The Kier molecular flexibility index (Phi) is 4.75. The Morgan fingerprint density at radius 3 is 2.83 bits per heavy atom. The zero-order valence-electron chi connectivity index (χ0n) is 16.0. The van der Waals surface area contributed by atoms with Gasteiger partial charge in [0.25, 0.3) is 5.91 Å². The van der Waals surface area contributed by atoms with Crippen LogP contribution in [0.3, 0.4) is 0 Å². The standard InChI is InChI=1S/C19H20N6O4/c1-23-8-3-4-13(23)17-22-21-15-6-5-12(11-25(15)17)19(28)24-9-7-20-18(27)14(24)10-16(26)29-2/h3-6,8,11,14H,7,9-10H2,1-2H3,(H,20,27). The summed E-state index contributed by atoms with van der Waals surface area (Å²) >= 11 is 0. The maximum absolute atomic E-state index is 13.2. The summed E-state index contributed by atoms with van der Waals surface area (Å²) in [6, 6.07) is 6.24. The summed E-state index contributed by atoms with van der Waals surface area (Å²) in [5, 5.41) is 11.1. The Hall–Kier alpha value is -3.69. The smallest absolute Gasteiger partial charge is 0.308 e. The number of hydrogen-bond donors (Lipinski definition) is 1. The zero-order valence-corrected chi connectivity index (χ0v) is 16.0. The second kappa shape index (κ2) is 7.38. The molecule has 10 heteroatoms. The van der Waals surface area contributed by atoms with Gasteiger partial charge in [0.1, 0.15) is 6.04 Å². The van der Waals surface area contributed by atoms with E-state index in [1.165, 1.54) is 12.0 Å². The molecule has 29 heavy (non-hydrogen) atoms. The fraction of sp³-hybridized carbons (Fsp3) is 0.316. The largest absolute Gasteiger partial charge is 0.469 e. The third kappa shape index (κ3) is 3.33. The Balaban J connectivity index is 1.70. The van der Waals surface area contributed by atoms with Crippen LogP contribution in [0.1, 0.15) is 16.8 Å². The molecule has 0 aromatic carbocycles. The molecule has 0 radical (unpaired) electrons. The summed E-state index contributed by atoms with van der Waals surface area (Å²) in [5.41, 5.74) is 1.82. The van der Waals surface area contributed by atoms with Crippen molar-refractivity contribution in [2.45, 2.75) is 12.5 Å². The molecule has 150 valence electrons. The number of carbonyl (C=O) groups excluding carboxylic acids is 3. The molecule has 1 aliphatic heterocycles. The number of methoxy groups -OCH3 is 1. The predicted octanol–water partition coefficient (Wildman–Crippen LogP) is 0.239. The number of piperazine rings is 1. The molecule has 0 bridgehead atoms. The van der Waals surface area contributed by atoms with Gasteiger partial charge in [0.05, 0.1) is 24.8 Å². The number of esters is 1. The Labute approximate surface area is 166 Å². The highest BCUT2D eigenvalue weighted by Gasteiger charge is 2.35. The molecular weight excluding hydrogens is 376 g/mol. The van der Waals surface area contributed by atoms with Crippen molar-refractivity contribution in [2.75, 3.05) is 20.2 Å². The van der Waals surface area contributed by atoms with Gasteiger partial charge in [-0.05, 0) is 24.3 Å². The molecule has 1 aliphatic rings. The number of pyridine rings is 1. The molecule has 1 fully saturated rings. The highest BCUT2D eigenvalue weighted by atomic mass is 16.5. The van der Waals surface area contributed by atoms with Crippen LogP contribution in [0.4, 0.5) is 0 Å². The van der Waals surface area contributed by atoms with Crippen LogP contribution in [0.2, 0.25) is 0 Å². The summed E-state index contributed by atoms with van der Waals surface area (Å²) in [6.45, 7) is 0.628. The van der Waals surface area contributed by atoms with Crippen LogP contribution in [0.15, 0.2) is 36.7 Å². The topological polar surface area (TPSA) is 111 Å². The van der Waals surface area contributed by atoms with Crippen LogP contribution in [0, 0.1) is 0 Å². The van der Waals surface area contributed by atoms with Crippen molar-refractivity contribution in [1.29, 1.82) is 0 Å². The molecule has 4 rings (SSSR count). The number of nitrogens with zero attached hydrogens (tertiary/aromatic N) is 5. The van der Waals surface area contributed by atoms with E-state index in [1.807, 2.05) is 29.9 Å². The van der Waals surface area contributed by atoms with Gasteiger partial charge in [-0.25, -0.2) is 0 Å². The first kappa shape index (κ1) is 18.7. The minimum atomic E-state index is -0.910. The van der Waals surface area contributed by atoms with Gasteiger partial charge >= 0.3 is 5.97 Å². The SMILES string of the molecule is COC(=O)CC1C(=O)NCCN1C(=O)c1ccc2nnc(-c3cccn3C)n2c1. The molecule has 3 aromatic heterocycles. The van der Waals surface area contributed by atoms with Crippen molar-refractivity contribution in [3.63, 3.8) is 0 Å². The lowest BCUT2D eigenvalue weighted by Crippen LogP contribution is -2.57. The van der Waals surface area contributed by atoms with Crippen molar-refractivity contribution in [1.82, 2.24) is 29.4 Å². The van der Waals surface area contributed by atoms with Crippen molar-refractivity contribution in [3.05, 3.63) is 42.2 Å². The number of nitrogens with one attached hydrogen (secondary N) is 1. The number of fused-ring (bicyclic) bond motifs is 1. The molecule has 2 amide bonds. The van der Waals surface area contributed by atoms with Gasteiger partial charge in [0.2, 0.25) is 5.91 Å². The lowest BCUT2D eigenvalue weighted by atomic mass is 10.1. The molecule has 4 heterocycles. The van der Waals surface area contributed by atoms with Crippen molar-refractivity contribution < 1.29 is 19.1 Å². The second-order valence-electron chi connectivity index (χ2n) is 6.76. The van der Waals surface area contributed by atoms with Crippen LogP contribution >= 0.6 is 0 Å². The molecule has 3 aromatic rings. The number of amides is 2. The summed E-state index contributed by atoms with van der Waals surface area (Å²) in [6.07, 6.45) is 3.36. The summed E-state index contributed by atoms with van der Waals surface area (Å²) in [4.78, 5) is 38.6. The van der Waals surface area contributed by atoms with Gasteiger partial charge in [-0.3, -0.25) is 18.8 Å². The van der Waals surface area contributed by atoms with E-state index in [-0.39, 0.29) is 18.2 Å². The van der Waals surface area contributed by atoms with Crippen molar-refractivity contribution in [2.24, 2.45) is 7.05 Å². The molecule has 1 unspecified atom stereocenters. The highest BCUT2D eigenvalue weighted by molar-refractivity contribution is 5.99. The third-order valence-corrected chi connectivity index (χ3v) is 5.00. The number of ether oxygens (including phenoxy) is 1. The summed E-state index contributed by atoms with van der Waals surface area (Å²) in [5.74, 6) is -0.665. The Bertz CT molecular complexity index is 1100. The van der Waals surface area contributed by atoms with E-state index in [2.05, 4.69) is 20.3 Å². The first-order valence-corrected chi connectivity index (χ1v) is 9.11. The highest BCUT2D eigenvalue weighted by Crippen LogP contribution is 2.20. The van der Waals surface area contributed by atoms with E-state index < -0.39 is 12.0 Å². The summed E-state index contributed by atoms with van der Waals surface area (Å²) < 4.78 is 8.32. The zero-order chi connectivity index (χ0) is 20.5. The molecule has 0 aliphatic carbocycles. The molecular formula is C19H20N6O4. The third-order valence-electron chi connectivity index (χ3n) is 5.00. The molecule has 1 atom stereocenters. The predicted molar refractivity (Wildman–Crippen MR) is 102 cm³/mol. The van der Waals surface area contributed by atoms with Gasteiger partial charge in [-0.1, -0.05) is 0 Å². The first-order valence-electron chi connectivity index (χ1n) is 9.11. The van der Waals surface area contributed by atoms with Crippen LogP contribution in [0.5, 0.6) is 0 Å². The maximum atomic E-state index is 13.2. The average Bonchev–Trinajstić information content (AvgIpc) is 3.33. The van der Waals surface area contributed by atoms with Crippen LogP contribution < -0.4 is 5.32 Å². The van der Waals surface area contributed by atoms with E-state index in [0.717, 1.165) is 5.69 Å². The molecule has 0 saturated carbocycles. The van der Waals surface area contributed by atoms with Gasteiger partial charge in [0.15, 0.2) is 11.5 Å². The fourth-order valence-corrected chi connectivity index (χ4v) is 3.45. The van der Waals surface area contributed by atoms with E-state index in [9.17, 15) is 14.4 Å². The quantitative estimate of drug-likeness (QED) is 0.633. The van der Waals surface area contributed by atoms with Gasteiger partial charge in [-0.15, -0.1) is 10.2 Å². The normalized spacial score (nSPS) is 16.7. The maximum Gasteiger partial charge on any atom is 0.308 e. The number of hydrogen-bond acceptors (Lipinski definition) is 6. The Morgan fingerprint density at radius 2 is 2.10 bits per heavy atom. The fourth-order valence-electron chi connectivity index (χ4n) is 3.45. The van der Waals surface area contributed by atoms with E-state index in [4.69, 9.17) is 0 Å². The number of carbonyl (C=O) groups is 3. The van der Waals surface area contributed by atoms with Crippen molar-refractivity contribution >= 4 is 23.4 Å². The second-order valence-corrected chi connectivity index (χ2v) is 6.76. The first-order chi connectivity index (χ1) is 14.0. The van der Waals surface area contributed by atoms with Crippen LogP contribution in [-0.2, 0) is 21.4 Å². The monoisotopic (exact) mass is 396 g/mol.